The van der Waals surface area contributed by atoms with Gasteiger partial charge in [0, 0.05) is 35.5 Å². The maximum absolute atomic E-state index is 4.36. The number of hydrogen-bond donors (Lipinski definition) is 1. The van der Waals surface area contributed by atoms with E-state index < -0.39 is 0 Å². The minimum atomic E-state index is 0.466. The standard InChI is InChI=1S/C16H26BrN3/c1-12(2)19-10-13-6-4-5-7-20(3)16(13)14-8-15(17)11-18-9-14/h8-9,11-13,16,19H,4-7,10H2,1-3H3. The first-order valence-corrected chi connectivity index (χ1v) is 8.41. The van der Waals surface area contributed by atoms with Crippen molar-refractivity contribution >= 4 is 15.9 Å². The van der Waals surface area contributed by atoms with Crippen LogP contribution >= 0.6 is 15.9 Å². The van der Waals surface area contributed by atoms with Crippen molar-refractivity contribution in [3.8, 4) is 0 Å². The molecule has 3 nitrogen and oxygen atoms in total. The molecular formula is C16H26BrN3. The fraction of sp³-hybridized carbons (Fsp3) is 0.688. The molecule has 4 heteroatoms. The van der Waals surface area contributed by atoms with Gasteiger partial charge in [-0.2, -0.15) is 0 Å². The van der Waals surface area contributed by atoms with Crippen LogP contribution in [-0.2, 0) is 0 Å². The predicted octanol–water partition coefficient (Wildman–Crippen LogP) is 3.62. The molecule has 0 radical (unpaired) electrons. The van der Waals surface area contributed by atoms with Gasteiger partial charge in [0.05, 0.1) is 0 Å². The highest BCUT2D eigenvalue weighted by Gasteiger charge is 2.29. The summed E-state index contributed by atoms with van der Waals surface area (Å²) in [5, 5.41) is 3.62. The van der Waals surface area contributed by atoms with Gasteiger partial charge in [-0.25, -0.2) is 0 Å². The van der Waals surface area contributed by atoms with Gasteiger partial charge in [0.2, 0.25) is 0 Å². The minimum absolute atomic E-state index is 0.466. The topological polar surface area (TPSA) is 28.2 Å². The van der Waals surface area contributed by atoms with Crippen molar-refractivity contribution in [3.63, 3.8) is 0 Å². The van der Waals surface area contributed by atoms with Gasteiger partial charge in [-0.3, -0.25) is 9.88 Å². The van der Waals surface area contributed by atoms with E-state index in [2.05, 4.69) is 58.1 Å². The molecule has 0 spiro atoms. The number of rotatable bonds is 4. The highest BCUT2D eigenvalue weighted by molar-refractivity contribution is 9.10. The fourth-order valence-electron chi connectivity index (χ4n) is 3.14. The lowest BCUT2D eigenvalue weighted by molar-refractivity contribution is 0.186. The molecule has 0 amide bonds. The van der Waals surface area contributed by atoms with Crippen molar-refractivity contribution in [2.45, 2.75) is 45.2 Å². The van der Waals surface area contributed by atoms with Crippen LogP contribution in [0, 0.1) is 5.92 Å². The largest absolute Gasteiger partial charge is 0.314 e. The zero-order valence-corrected chi connectivity index (χ0v) is 14.4. The van der Waals surface area contributed by atoms with Crippen LogP contribution in [0.3, 0.4) is 0 Å². The van der Waals surface area contributed by atoms with Gasteiger partial charge in [-0.1, -0.05) is 20.3 Å². The quantitative estimate of drug-likeness (QED) is 0.907. The fourth-order valence-corrected chi connectivity index (χ4v) is 3.52. The zero-order chi connectivity index (χ0) is 14.5. The van der Waals surface area contributed by atoms with Crippen molar-refractivity contribution in [3.05, 3.63) is 28.5 Å². The van der Waals surface area contributed by atoms with E-state index >= 15 is 0 Å². The number of aromatic nitrogens is 1. The van der Waals surface area contributed by atoms with E-state index in [0.717, 1.165) is 11.0 Å². The van der Waals surface area contributed by atoms with Gasteiger partial charge in [0.15, 0.2) is 0 Å². The Morgan fingerprint density at radius 3 is 2.90 bits per heavy atom. The molecule has 2 atom stereocenters. The highest BCUT2D eigenvalue weighted by Crippen LogP contribution is 2.34. The number of likely N-dealkylation sites (tertiary alicyclic amines) is 1. The molecule has 20 heavy (non-hydrogen) atoms. The Kier molecular flexibility index (Phi) is 6.00. The number of nitrogens with zero attached hydrogens (tertiary/aromatic N) is 2. The van der Waals surface area contributed by atoms with Crippen LogP contribution in [0.1, 0.15) is 44.7 Å². The summed E-state index contributed by atoms with van der Waals surface area (Å²) in [5.74, 6) is 0.654. The molecule has 1 aromatic rings. The first-order chi connectivity index (χ1) is 9.58. The minimum Gasteiger partial charge on any atom is -0.314 e. The molecule has 1 aliphatic rings. The summed E-state index contributed by atoms with van der Waals surface area (Å²) in [6.07, 6.45) is 7.81. The molecule has 2 unspecified atom stereocenters. The third-order valence-electron chi connectivity index (χ3n) is 4.11. The Balaban J connectivity index is 2.21. The third-order valence-corrected chi connectivity index (χ3v) is 4.55. The molecule has 0 bridgehead atoms. The predicted molar refractivity (Wildman–Crippen MR) is 87.8 cm³/mol. The maximum atomic E-state index is 4.36. The van der Waals surface area contributed by atoms with Gasteiger partial charge in [0.25, 0.3) is 0 Å². The van der Waals surface area contributed by atoms with Crippen LogP contribution < -0.4 is 5.32 Å². The van der Waals surface area contributed by atoms with Crippen LogP contribution in [-0.4, -0.2) is 36.1 Å². The summed E-state index contributed by atoms with van der Waals surface area (Å²) in [6.45, 7) is 6.70. The van der Waals surface area contributed by atoms with Crippen LogP contribution in [0.15, 0.2) is 22.9 Å². The number of hydrogen-bond acceptors (Lipinski definition) is 3. The summed E-state index contributed by atoms with van der Waals surface area (Å²) in [4.78, 5) is 6.86. The molecule has 2 rings (SSSR count). The molecule has 0 aromatic carbocycles. The number of halogens is 1. The Morgan fingerprint density at radius 1 is 1.40 bits per heavy atom. The van der Waals surface area contributed by atoms with Gasteiger partial charge in [-0.15, -0.1) is 0 Å². The summed E-state index contributed by atoms with van der Waals surface area (Å²) < 4.78 is 1.07. The van der Waals surface area contributed by atoms with Crippen molar-refractivity contribution in [1.29, 1.82) is 0 Å². The molecule has 1 aromatic heterocycles. The summed E-state index contributed by atoms with van der Waals surface area (Å²) >= 11 is 3.55. The third kappa shape index (κ3) is 4.27. The Morgan fingerprint density at radius 2 is 2.20 bits per heavy atom. The average molecular weight is 340 g/mol. The molecule has 2 heterocycles. The Hall–Kier alpha value is -0.450. The second-order valence-corrected chi connectivity index (χ2v) is 7.10. The molecular weight excluding hydrogens is 314 g/mol. The zero-order valence-electron chi connectivity index (χ0n) is 12.8. The second kappa shape index (κ2) is 7.53. The van der Waals surface area contributed by atoms with E-state index in [9.17, 15) is 0 Å². The lowest BCUT2D eigenvalue weighted by Crippen LogP contribution is -2.37. The van der Waals surface area contributed by atoms with Crippen molar-refractivity contribution in [2.75, 3.05) is 20.1 Å². The molecule has 0 saturated carbocycles. The molecule has 1 saturated heterocycles. The van der Waals surface area contributed by atoms with Crippen LogP contribution in [0.4, 0.5) is 0 Å². The van der Waals surface area contributed by atoms with E-state index in [-0.39, 0.29) is 0 Å². The Labute approximate surface area is 131 Å². The lowest BCUT2D eigenvalue weighted by Gasteiger charge is -2.33. The first kappa shape index (κ1) is 15.9. The molecule has 1 N–H and O–H groups in total. The van der Waals surface area contributed by atoms with Crippen LogP contribution in [0.5, 0.6) is 0 Å². The van der Waals surface area contributed by atoms with E-state index in [0.29, 0.717) is 18.0 Å². The summed E-state index contributed by atoms with van der Waals surface area (Å²) in [6, 6.07) is 3.24. The van der Waals surface area contributed by atoms with Crippen molar-refractivity contribution < 1.29 is 0 Å². The Bertz CT molecular complexity index is 422. The first-order valence-electron chi connectivity index (χ1n) is 7.62. The SMILES string of the molecule is CC(C)NCC1CCCCN(C)C1c1cncc(Br)c1. The van der Waals surface area contributed by atoms with E-state index in [1.54, 1.807) is 0 Å². The normalized spacial score (nSPS) is 24.9. The molecule has 112 valence electrons. The van der Waals surface area contributed by atoms with E-state index in [1.165, 1.54) is 31.4 Å². The smallest absolute Gasteiger partial charge is 0.0410 e. The van der Waals surface area contributed by atoms with Gasteiger partial charge < -0.3 is 5.32 Å². The van der Waals surface area contributed by atoms with Crippen LogP contribution in [0.2, 0.25) is 0 Å². The molecule has 1 aliphatic heterocycles. The van der Waals surface area contributed by atoms with Gasteiger partial charge in [-0.05, 0) is 59.9 Å². The van der Waals surface area contributed by atoms with E-state index in [4.69, 9.17) is 0 Å². The number of pyridine rings is 1. The van der Waals surface area contributed by atoms with Gasteiger partial charge >= 0.3 is 0 Å². The molecule has 1 fully saturated rings. The van der Waals surface area contributed by atoms with Gasteiger partial charge in [0.1, 0.15) is 0 Å². The molecule has 0 aliphatic carbocycles. The monoisotopic (exact) mass is 339 g/mol. The average Bonchev–Trinajstić information content (AvgIpc) is 2.58. The number of nitrogens with one attached hydrogen (secondary N) is 1. The van der Waals surface area contributed by atoms with Crippen LogP contribution in [0.25, 0.3) is 0 Å². The lowest BCUT2D eigenvalue weighted by atomic mass is 9.90. The highest BCUT2D eigenvalue weighted by atomic mass is 79.9. The second-order valence-electron chi connectivity index (χ2n) is 6.18. The maximum Gasteiger partial charge on any atom is 0.0410 e. The van der Waals surface area contributed by atoms with Crippen molar-refractivity contribution in [2.24, 2.45) is 5.92 Å². The summed E-state index contributed by atoms with van der Waals surface area (Å²) in [5.41, 5.74) is 1.33. The van der Waals surface area contributed by atoms with E-state index in [1.807, 2.05) is 12.4 Å². The summed E-state index contributed by atoms with van der Waals surface area (Å²) in [7, 11) is 2.25. The van der Waals surface area contributed by atoms with Crippen molar-refractivity contribution in [1.82, 2.24) is 15.2 Å².